The topological polar surface area (TPSA) is 87.2 Å². The highest BCUT2D eigenvalue weighted by Crippen LogP contribution is 2.11. The number of piperazine rings is 1. The molecule has 1 aliphatic heterocycles. The van der Waals surface area contributed by atoms with Crippen molar-refractivity contribution in [1.29, 1.82) is 0 Å². The molecular weight excluding hydrogens is 272 g/mol. The summed E-state index contributed by atoms with van der Waals surface area (Å²) >= 11 is 0. The number of carbonyl (C=O) groups excluding carboxylic acids is 1. The van der Waals surface area contributed by atoms with E-state index < -0.39 is 16.1 Å². The Morgan fingerprint density at radius 2 is 1.79 bits per heavy atom. The Kier molecular flexibility index (Phi) is 5.72. The summed E-state index contributed by atoms with van der Waals surface area (Å²) in [6.45, 7) is 4.25. The average molecular weight is 294 g/mol. The lowest BCUT2D eigenvalue weighted by Crippen LogP contribution is -2.53. The largest absolute Gasteiger partial charge is 0.384 e. The van der Waals surface area contributed by atoms with E-state index in [1.54, 1.807) is 6.92 Å². The minimum absolute atomic E-state index is 0.0617. The molecule has 0 aromatic rings. The number of hydrogen-bond acceptors (Lipinski definition) is 5. The molecule has 1 amide bonds. The summed E-state index contributed by atoms with van der Waals surface area (Å²) in [7, 11) is -1.88. The van der Waals surface area contributed by atoms with Crippen LogP contribution in [0.4, 0.5) is 0 Å². The molecule has 1 rings (SSSR count). The Morgan fingerprint density at radius 1 is 1.26 bits per heavy atom. The van der Waals surface area contributed by atoms with Crippen LogP contribution in [0.3, 0.4) is 0 Å². The van der Waals surface area contributed by atoms with Gasteiger partial charge in [-0.3, -0.25) is 4.79 Å². The molecule has 2 atom stereocenters. The quantitative estimate of drug-likeness (QED) is 0.694. The van der Waals surface area contributed by atoms with Crippen LogP contribution in [0.5, 0.6) is 0 Å². The van der Waals surface area contributed by atoms with Crippen molar-refractivity contribution in [3.63, 3.8) is 0 Å². The van der Waals surface area contributed by atoms with Gasteiger partial charge in [0.15, 0.2) is 0 Å². The number of carbonyl (C=O) groups is 1. The van der Waals surface area contributed by atoms with Crippen LogP contribution in [-0.4, -0.2) is 79.9 Å². The van der Waals surface area contributed by atoms with Gasteiger partial charge in [0.05, 0.1) is 11.9 Å². The summed E-state index contributed by atoms with van der Waals surface area (Å²) in [4.78, 5) is 13.0. The third kappa shape index (κ3) is 4.41. The summed E-state index contributed by atoms with van der Waals surface area (Å²) in [5, 5.41) is 9.21. The molecule has 0 saturated carbocycles. The van der Waals surface area contributed by atoms with E-state index in [0.717, 1.165) is 0 Å². The molecule has 1 aliphatic rings. The number of methoxy groups -OCH3 is 1. The fraction of sp³-hybridized carbons (Fsp3) is 0.909. The summed E-state index contributed by atoms with van der Waals surface area (Å²) in [5.74, 6) is -0.421. The monoisotopic (exact) mass is 294 g/mol. The first kappa shape index (κ1) is 16.4. The first-order chi connectivity index (χ1) is 8.77. The van der Waals surface area contributed by atoms with Crippen molar-refractivity contribution in [3.8, 4) is 0 Å². The number of aliphatic hydroxyl groups is 1. The molecule has 0 aromatic carbocycles. The lowest BCUT2D eigenvalue weighted by molar-refractivity contribution is -0.140. The molecule has 0 radical (unpaired) electrons. The van der Waals surface area contributed by atoms with Crippen LogP contribution in [0.15, 0.2) is 0 Å². The fourth-order valence-electron chi connectivity index (χ4n) is 1.92. The Bertz CT molecular complexity index is 401. The SMILES string of the molecule is COC(C)CS(=O)(=O)N1CCN(C(=O)C(C)O)CC1. The summed E-state index contributed by atoms with van der Waals surface area (Å²) in [6, 6.07) is 0. The molecule has 0 bridgehead atoms. The van der Waals surface area contributed by atoms with Crippen molar-refractivity contribution in [2.24, 2.45) is 0 Å². The zero-order chi connectivity index (χ0) is 14.6. The van der Waals surface area contributed by atoms with Crippen LogP contribution in [-0.2, 0) is 19.6 Å². The number of hydrogen-bond donors (Lipinski definition) is 1. The lowest BCUT2D eigenvalue weighted by atomic mass is 10.3. The molecule has 19 heavy (non-hydrogen) atoms. The van der Waals surface area contributed by atoms with E-state index in [1.807, 2.05) is 0 Å². The van der Waals surface area contributed by atoms with Gasteiger partial charge >= 0.3 is 0 Å². The molecule has 1 heterocycles. The highest BCUT2D eigenvalue weighted by atomic mass is 32.2. The number of aliphatic hydroxyl groups excluding tert-OH is 1. The summed E-state index contributed by atoms with van der Waals surface area (Å²) < 4.78 is 30.5. The standard InChI is InChI=1S/C11H22N2O5S/c1-9(18-3)8-19(16,17)13-6-4-12(5-7-13)11(15)10(2)14/h9-10,14H,4-8H2,1-3H3. The van der Waals surface area contributed by atoms with Gasteiger partial charge in [0, 0.05) is 33.3 Å². The molecule has 1 saturated heterocycles. The average Bonchev–Trinajstić information content (AvgIpc) is 2.37. The van der Waals surface area contributed by atoms with Gasteiger partial charge in [-0.25, -0.2) is 8.42 Å². The van der Waals surface area contributed by atoms with E-state index in [0.29, 0.717) is 13.1 Å². The normalized spacial score (nSPS) is 21.2. The molecular formula is C11H22N2O5S. The van der Waals surface area contributed by atoms with Crippen molar-refractivity contribution in [2.75, 3.05) is 39.0 Å². The van der Waals surface area contributed by atoms with E-state index in [1.165, 1.54) is 23.2 Å². The number of ether oxygens (including phenoxy) is 1. The van der Waals surface area contributed by atoms with E-state index >= 15 is 0 Å². The summed E-state index contributed by atoms with van der Waals surface area (Å²) in [6.07, 6.45) is -1.40. The van der Waals surface area contributed by atoms with Crippen molar-refractivity contribution in [2.45, 2.75) is 26.1 Å². The van der Waals surface area contributed by atoms with Crippen LogP contribution in [0.1, 0.15) is 13.8 Å². The van der Waals surface area contributed by atoms with Crippen LogP contribution < -0.4 is 0 Å². The highest BCUT2D eigenvalue weighted by molar-refractivity contribution is 7.89. The molecule has 7 nitrogen and oxygen atoms in total. The predicted octanol–water partition coefficient (Wildman–Crippen LogP) is -1.12. The van der Waals surface area contributed by atoms with Gasteiger partial charge in [0.1, 0.15) is 6.10 Å². The maximum Gasteiger partial charge on any atom is 0.251 e. The maximum atomic E-state index is 12.1. The zero-order valence-electron chi connectivity index (χ0n) is 11.6. The molecule has 0 spiro atoms. The maximum absolute atomic E-state index is 12.1. The van der Waals surface area contributed by atoms with E-state index in [4.69, 9.17) is 4.74 Å². The third-order valence-electron chi connectivity index (χ3n) is 3.15. The first-order valence-electron chi connectivity index (χ1n) is 6.25. The Labute approximate surface area is 114 Å². The first-order valence-corrected chi connectivity index (χ1v) is 7.86. The zero-order valence-corrected chi connectivity index (χ0v) is 12.4. The number of rotatable bonds is 5. The van der Waals surface area contributed by atoms with Crippen molar-refractivity contribution in [3.05, 3.63) is 0 Å². The Balaban J connectivity index is 2.56. The van der Waals surface area contributed by atoms with Gasteiger partial charge in [-0.1, -0.05) is 0 Å². The molecule has 1 N–H and O–H groups in total. The molecule has 112 valence electrons. The predicted molar refractivity (Wildman–Crippen MR) is 70.1 cm³/mol. The van der Waals surface area contributed by atoms with E-state index in [9.17, 15) is 18.3 Å². The van der Waals surface area contributed by atoms with Crippen LogP contribution >= 0.6 is 0 Å². The highest BCUT2D eigenvalue weighted by Gasteiger charge is 2.30. The van der Waals surface area contributed by atoms with Gasteiger partial charge in [-0.05, 0) is 13.8 Å². The van der Waals surface area contributed by atoms with Gasteiger partial charge in [0.2, 0.25) is 10.0 Å². The molecule has 0 aliphatic carbocycles. The van der Waals surface area contributed by atoms with Crippen molar-refractivity contribution in [1.82, 2.24) is 9.21 Å². The molecule has 2 unspecified atom stereocenters. The lowest BCUT2D eigenvalue weighted by Gasteiger charge is -2.34. The molecule has 0 aromatic heterocycles. The number of sulfonamides is 1. The van der Waals surface area contributed by atoms with Crippen LogP contribution in [0.25, 0.3) is 0 Å². The number of amides is 1. The van der Waals surface area contributed by atoms with Crippen molar-refractivity contribution >= 4 is 15.9 Å². The van der Waals surface area contributed by atoms with E-state index in [-0.39, 0.29) is 30.9 Å². The summed E-state index contributed by atoms with van der Waals surface area (Å²) in [5.41, 5.74) is 0. The second kappa shape index (κ2) is 6.65. The van der Waals surface area contributed by atoms with Crippen molar-refractivity contribution < 1.29 is 23.1 Å². The second-order valence-electron chi connectivity index (χ2n) is 4.73. The van der Waals surface area contributed by atoms with E-state index in [2.05, 4.69) is 0 Å². The smallest absolute Gasteiger partial charge is 0.251 e. The van der Waals surface area contributed by atoms with Gasteiger partial charge in [0.25, 0.3) is 5.91 Å². The van der Waals surface area contributed by atoms with Gasteiger partial charge in [-0.2, -0.15) is 4.31 Å². The van der Waals surface area contributed by atoms with Crippen LogP contribution in [0, 0.1) is 0 Å². The number of nitrogens with zero attached hydrogens (tertiary/aromatic N) is 2. The second-order valence-corrected chi connectivity index (χ2v) is 6.74. The Morgan fingerprint density at radius 3 is 2.21 bits per heavy atom. The van der Waals surface area contributed by atoms with Gasteiger partial charge < -0.3 is 14.7 Å². The minimum Gasteiger partial charge on any atom is -0.384 e. The minimum atomic E-state index is -3.36. The molecule has 8 heteroatoms. The van der Waals surface area contributed by atoms with Crippen LogP contribution in [0.2, 0.25) is 0 Å². The third-order valence-corrected chi connectivity index (χ3v) is 5.19. The Hall–Kier alpha value is -0.700. The molecule has 1 fully saturated rings. The van der Waals surface area contributed by atoms with Gasteiger partial charge in [-0.15, -0.1) is 0 Å². The fourth-order valence-corrected chi connectivity index (χ4v) is 3.58.